The summed E-state index contributed by atoms with van der Waals surface area (Å²) >= 11 is 0. The zero-order valence-corrected chi connectivity index (χ0v) is 16.5. The Hall–Kier alpha value is -4.28. The minimum atomic E-state index is -0.947. The highest BCUT2D eigenvalue weighted by molar-refractivity contribution is 5.95. The minimum absolute atomic E-state index is 0.000527. The lowest BCUT2D eigenvalue weighted by Gasteiger charge is -2.10. The quantitative estimate of drug-likeness (QED) is 0.440. The van der Waals surface area contributed by atoms with E-state index in [0.29, 0.717) is 6.07 Å². The standard InChI is InChI=1S/C21H18F2N4O5/c22-14-7-6-13(15(23)8-14)9-24-19(29)17-18(28)20(30)27-16(26-17)10-25-21(31)32-11-12-4-2-1-3-5-12/h1-8,28H,9-11H2,(H,24,29)(H,25,31)(H,26,27,30). The number of hydrogen-bond acceptors (Lipinski definition) is 7. The number of ether oxygens (including phenoxy) is 1. The number of carbonyl (C=O) groups is 2. The molecule has 2 amide bonds. The molecule has 32 heavy (non-hydrogen) atoms. The number of nitrogens with one attached hydrogen (secondary N) is 2. The number of carbonyl (C=O) groups excluding carboxylic acids is 2. The maximum absolute atomic E-state index is 13.7. The number of benzene rings is 2. The zero-order valence-electron chi connectivity index (χ0n) is 16.5. The fraction of sp³-hybridized carbons (Fsp3) is 0.143. The molecule has 3 rings (SSSR count). The Morgan fingerprint density at radius 2 is 1.72 bits per heavy atom. The Labute approximate surface area is 180 Å². The summed E-state index contributed by atoms with van der Waals surface area (Å²) in [6, 6.07) is 11.8. The van der Waals surface area contributed by atoms with Crippen molar-refractivity contribution in [1.29, 1.82) is 0 Å². The summed E-state index contributed by atoms with van der Waals surface area (Å²) in [5.41, 5.74) is 0.188. The first-order valence-electron chi connectivity index (χ1n) is 9.29. The van der Waals surface area contributed by atoms with Crippen LogP contribution in [-0.4, -0.2) is 32.2 Å². The van der Waals surface area contributed by atoms with Gasteiger partial charge in [-0.1, -0.05) is 36.4 Å². The van der Waals surface area contributed by atoms with Gasteiger partial charge in [0, 0.05) is 18.2 Å². The van der Waals surface area contributed by atoms with E-state index in [1.54, 1.807) is 24.3 Å². The van der Waals surface area contributed by atoms with Crippen LogP contribution in [-0.2, 0) is 24.4 Å². The highest BCUT2D eigenvalue weighted by Crippen LogP contribution is 2.25. The second-order valence-electron chi connectivity index (χ2n) is 6.49. The van der Waals surface area contributed by atoms with Crippen molar-refractivity contribution < 1.29 is 33.3 Å². The molecule has 0 saturated heterocycles. The molecule has 0 unspecified atom stereocenters. The topological polar surface area (TPSA) is 134 Å². The lowest BCUT2D eigenvalue weighted by atomic mass is 10.2. The van der Waals surface area contributed by atoms with Crippen LogP contribution in [0.4, 0.5) is 13.6 Å². The molecule has 1 heterocycles. The number of alkyl carbamates (subject to hydrolysis) is 1. The Balaban J connectivity index is 1.60. The van der Waals surface area contributed by atoms with Crippen LogP contribution in [0.1, 0.15) is 27.4 Å². The van der Waals surface area contributed by atoms with E-state index in [-0.39, 0.29) is 31.1 Å². The third-order valence-electron chi connectivity index (χ3n) is 4.19. The summed E-state index contributed by atoms with van der Waals surface area (Å²) < 4.78 is 31.7. The summed E-state index contributed by atoms with van der Waals surface area (Å²) in [6.07, 6.45) is -0.789. The molecule has 3 aromatic rings. The van der Waals surface area contributed by atoms with Crippen molar-refractivity contribution in [2.45, 2.75) is 19.7 Å². The SMILES string of the molecule is O=C(NCc1nc(O)c(O)c(C(=O)NCc2ccc(F)cc2F)n1)OCc1ccccc1. The monoisotopic (exact) mass is 444 g/mol. The highest BCUT2D eigenvalue weighted by Gasteiger charge is 2.20. The van der Waals surface area contributed by atoms with Crippen LogP contribution in [0.3, 0.4) is 0 Å². The predicted octanol–water partition coefficient (Wildman–Crippen LogP) is 2.52. The number of hydrogen-bond donors (Lipinski definition) is 4. The van der Waals surface area contributed by atoms with Gasteiger partial charge in [-0.05, 0) is 11.6 Å². The molecular formula is C21H18F2N4O5. The van der Waals surface area contributed by atoms with Gasteiger partial charge in [-0.3, -0.25) is 4.79 Å². The number of aromatic hydroxyl groups is 2. The molecule has 0 aliphatic rings. The molecule has 4 N–H and O–H groups in total. The molecule has 9 nitrogen and oxygen atoms in total. The minimum Gasteiger partial charge on any atom is -0.501 e. The largest absolute Gasteiger partial charge is 0.501 e. The summed E-state index contributed by atoms with van der Waals surface area (Å²) in [4.78, 5) is 31.6. The van der Waals surface area contributed by atoms with E-state index < -0.39 is 41.0 Å². The average Bonchev–Trinajstić information content (AvgIpc) is 2.78. The average molecular weight is 444 g/mol. The van der Waals surface area contributed by atoms with E-state index in [9.17, 15) is 28.6 Å². The van der Waals surface area contributed by atoms with E-state index in [1.807, 2.05) is 6.07 Å². The van der Waals surface area contributed by atoms with Gasteiger partial charge in [0.05, 0.1) is 6.54 Å². The zero-order chi connectivity index (χ0) is 23.1. The van der Waals surface area contributed by atoms with E-state index >= 15 is 0 Å². The van der Waals surface area contributed by atoms with Crippen molar-refractivity contribution in [3.63, 3.8) is 0 Å². The van der Waals surface area contributed by atoms with E-state index in [2.05, 4.69) is 20.6 Å². The van der Waals surface area contributed by atoms with Crippen LogP contribution >= 0.6 is 0 Å². The summed E-state index contributed by atoms with van der Waals surface area (Å²) in [5, 5.41) is 24.3. The molecule has 0 saturated carbocycles. The molecular weight excluding hydrogens is 426 g/mol. The van der Waals surface area contributed by atoms with Crippen molar-refractivity contribution in [2.75, 3.05) is 0 Å². The molecule has 11 heteroatoms. The number of rotatable bonds is 7. The number of aromatic nitrogens is 2. The maximum atomic E-state index is 13.7. The van der Waals surface area contributed by atoms with Crippen LogP contribution in [0.2, 0.25) is 0 Å². The molecule has 0 spiro atoms. The van der Waals surface area contributed by atoms with Gasteiger partial charge in [0.2, 0.25) is 5.75 Å². The Morgan fingerprint density at radius 1 is 0.969 bits per heavy atom. The molecule has 166 valence electrons. The van der Waals surface area contributed by atoms with Crippen LogP contribution in [0, 0.1) is 11.6 Å². The molecule has 2 aromatic carbocycles. The maximum Gasteiger partial charge on any atom is 0.407 e. The van der Waals surface area contributed by atoms with Gasteiger partial charge < -0.3 is 25.6 Å². The fourth-order valence-electron chi connectivity index (χ4n) is 2.58. The Kier molecular flexibility index (Phi) is 7.11. The van der Waals surface area contributed by atoms with Crippen molar-refractivity contribution in [2.24, 2.45) is 0 Å². The van der Waals surface area contributed by atoms with Crippen molar-refractivity contribution in [1.82, 2.24) is 20.6 Å². The molecule has 0 radical (unpaired) electrons. The number of amides is 2. The van der Waals surface area contributed by atoms with E-state index in [0.717, 1.165) is 17.7 Å². The van der Waals surface area contributed by atoms with Crippen molar-refractivity contribution in [3.05, 3.63) is 82.8 Å². The van der Waals surface area contributed by atoms with Crippen LogP contribution in [0.25, 0.3) is 0 Å². The molecule has 0 bridgehead atoms. The lowest BCUT2D eigenvalue weighted by molar-refractivity contribution is 0.0941. The normalized spacial score (nSPS) is 10.4. The van der Waals surface area contributed by atoms with E-state index in [1.165, 1.54) is 0 Å². The Bertz CT molecular complexity index is 1130. The summed E-state index contributed by atoms with van der Waals surface area (Å²) in [7, 11) is 0. The van der Waals surface area contributed by atoms with Gasteiger partial charge in [-0.25, -0.2) is 18.6 Å². The first-order chi connectivity index (χ1) is 15.3. The van der Waals surface area contributed by atoms with Crippen LogP contribution in [0.15, 0.2) is 48.5 Å². The van der Waals surface area contributed by atoms with Gasteiger partial charge in [0.25, 0.3) is 11.8 Å². The van der Waals surface area contributed by atoms with Gasteiger partial charge >= 0.3 is 6.09 Å². The van der Waals surface area contributed by atoms with Crippen LogP contribution in [0.5, 0.6) is 11.6 Å². The third-order valence-corrected chi connectivity index (χ3v) is 4.19. The highest BCUT2D eigenvalue weighted by atomic mass is 19.1. The molecule has 0 fully saturated rings. The van der Waals surface area contributed by atoms with Gasteiger partial charge in [-0.15, -0.1) is 0 Å². The van der Waals surface area contributed by atoms with Crippen molar-refractivity contribution in [3.8, 4) is 11.6 Å². The molecule has 0 atom stereocenters. The van der Waals surface area contributed by atoms with Gasteiger partial charge in [-0.2, -0.15) is 4.98 Å². The Morgan fingerprint density at radius 3 is 2.44 bits per heavy atom. The molecule has 0 aliphatic heterocycles. The fourth-order valence-corrected chi connectivity index (χ4v) is 2.58. The smallest absolute Gasteiger partial charge is 0.407 e. The molecule has 1 aromatic heterocycles. The van der Waals surface area contributed by atoms with Gasteiger partial charge in [0.1, 0.15) is 18.2 Å². The number of halogens is 2. The first kappa shape index (κ1) is 22.4. The second-order valence-corrected chi connectivity index (χ2v) is 6.49. The summed E-state index contributed by atoms with van der Waals surface area (Å²) in [6.45, 7) is -0.606. The van der Waals surface area contributed by atoms with E-state index in [4.69, 9.17) is 4.74 Å². The predicted molar refractivity (Wildman–Crippen MR) is 106 cm³/mol. The van der Waals surface area contributed by atoms with Crippen LogP contribution < -0.4 is 10.6 Å². The third kappa shape index (κ3) is 5.88. The van der Waals surface area contributed by atoms with Gasteiger partial charge in [0.15, 0.2) is 11.5 Å². The lowest BCUT2D eigenvalue weighted by Crippen LogP contribution is -2.27. The summed E-state index contributed by atoms with van der Waals surface area (Å²) in [5.74, 6) is -4.54. The van der Waals surface area contributed by atoms with Crippen molar-refractivity contribution >= 4 is 12.0 Å². The first-order valence-corrected chi connectivity index (χ1v) is 9.29. The molecule has 0 aliphatic carbocycles. The number of nitrogens with zero attached hydrogens (tertiary/aromatic N) is 2. The second kappa shape index (κ2) is 10.2.